The Balaban J connectivity index is 2.04. The normalized spacial score (nSPS) is 18.9. The molecule has 1 atom stereocenters. The number of nitrogens with one attached hydrogen (secondary N) is 1. The number of esters is 1. The first-order chi connectivity index (χ1) is 10.5. The number of carbonyl (C=O) groups excluding carboxylic acids is 1. The fourth-order valence-corrected chi connectivity index (χ4v) is 5.80. The maximum atomic E-state index is 12.4. The first-order valence-corrected chi connectivity index (χ1v) is 11.4. The van der Waals surface area contributed by atoms with Crippen LogP contribution in [0.3, 0.4) is 0 Å². The van der Waals surface area contributed by atoms with Crippen molar-refractivity contribution in [3.05, 3.63) is 42.1 Å². The first kappa shape index (κ1) is 15.5. The molecular weight excluding hydrogens is 417 g/mol. The molecule has 1 aromatic heterocycles. The molecule has 1 unspecified atom stereocenters. The minimum absolute atomic E-state index is 0.0120. The number of H-pyrrole nitrogens is 1. The fourth-order valence-electron chi connectivity index (χ4n) is 2.37. The van der Waals surface area contributed by atoms with Crippen LogP contribution in [0.1, 0.15) is 16.8 Å². The molecule has 0 aliphatic carbocycles. The molecule has 0 amide bonds. The summed E-state index contributed by atoms with van der Waals surface area (Å²) >= 11 is -0.228. The third-order valence-electron chi connectivity index (χ3n) is 3.32. The molecule has 1 aliphatic heterocycles. The van der Waals surface area contributed by atoms with Gasteiger partial charge in [0.05, 0.1) is 0 Å². The van der Waals surface area contributed by atoms with E-state index in [-0.39, 0.29) is 35.8 Å². The van der Waals surface area contributed by atoms with Gasteiger partial charge in [-0.05, 0) is 0 Å². The molecule has 2 heterocycles. The summed E-state index contributed by atoms with van der Waals surface area (Å²) < 4.78 is 30.6. The van der Waals surface area contributed by atoms with Crippen molar-refractivity contribution in [2.24, 2.45) is 0 Å². The average molecular weight is 432 g/mol. The van der Waals surface area contributed by atoms with E-state index in [2.05, 4.69) is 4.98 Å². The number of fused-ring (bicyclic) bond motifs is 1. The zero-order valence-corrected chi connectivity index (χ0v) is 14.8. The van der Waals surface area contributed by atoms with Gasteiger partial charge in [-0.25, -0.2) is 0 Å². The minimum atomic E-state index is -3.56. The number of hydrogen-bond donors (Lipinski definition) is 1. The predicted octanol–water partition coefficient (Wildman–Crippen LogP) is -0.897. The summed E-state index contributed by atoms with van der Waals surface area (Å²) in [7, 11) is -3.56. The van der Waals surface area contributed by atoms with Gasteiger partial charge in [0.2, 0.25) is 0 Å². The van der Waals surface area contributed by atoms with E-state index in [1.165, 1.54) is 6.07 Å². The van der Waals surface area contributed by atoms with Crippen molar-refractivity contribution in [2.45, 2.75) is 15.4 Å². The fraction of sp³-hybridized carbons (Fsp3) is 0.267. The SMILES string of the molecule is CS(=O)(=O)c1c(C(=O)OC2C=CCC[I-]2)ccc2cc[nH]c12. The summed E-state index contributed by atoms with van der Waals surface area (Å²) in [5.74, 6) is -0.576. The molecule has 5 nitrogen and oxygen atoms in total. The Hall–Kier alpha value is -1.35. The third-order valence-corrected chi connectivity index (χ3v) is 7.26. The number of aromatic nitrogens is 1. The summed E-state index contributed by atoms with van der Waals surface area (Å²) in [4.78, 5) is 15.3. The Morgan fingerprint density at radius 2 is 2.18 bits per heavy atom. The van der Waals surface area contributed by atoms with Gasteiger partial charge in [0.15, 0.2) is 0 Å². The van der Waals surface area contributed by atoms with E-state index in [9.17, 15) is 13.2 Å². The van der Waals surface area contributed by atoms with Crippen LogP contribution in [-0.4, -0.2) is 34.2 Å². The molecule has 0 bridgehead atoms. The third kappa shape index (κ3) is 3.05. The number of ether oxygens (including phenoxy) is 1. The van der Waals surface area contributed by atoms with Crippen molar-refractivity contribution in [3.8, 4) is 0 Å². The standard InChI is InChI=1S/C15H15INO4S/c1-22(19,20)14-11(6-5-10-7-9-17-13(10)14)15(18)21-12-4-2-3-8-16-12/h2,4-7,9,12,17H,3,8H2,1H3/q-1. The van der Waals surface area contributed by atoms with Gasteiger partial charge in [0.25, 0.3) is 0 Å². The van der Waals surface area contributed by atoms with Crippen molar-refractivity contribution >= 4 is 26.7 Å². The van der Waals surface area contributed by atoms with Gasteiger partial charge < -0.3 is 0 Å². The number of allylic oxidation sites excluding steroid dienone is 1. The van der Waals surface area contributed by atoms with Gasteiger partial charge >= 0.3 is 139 Å². The number of aromatic amines is 1. The number of benzene rings is 1. The van der Waals surface area contributed by atoms with Gasteiger partial charge in [0, 0.05) is 0 Å². The number of carbonyl (C=O) groups is 1. The second kappa shape index (κ2) is 6.04. The molecular formula is C15H15INO4S-. The van der Waals surface area contributed by atoms with E-state index in [1.807, 2.05) is 12.2 Å². The van der Waals surface area contributed by atoms with Crippen LogP contribution in [0.2, 0.25) is 0 Å². The molecule has 0 saturated heterocycles. The van der Waals surface area contributed by atoms with E-state index in [4.69, 9.17) is 4.74 Å². The number of halogens is 1. The zero-order valence-electron chi connectivity index (χ0n) is 11.9. The predicted molar refractivity (Wildman–Crippen MR) is 79.2 cm³/mol. The van der Waals surface area contributed by atoms with Crippen molar-refractivity contribution in [3.63, 3.8) is 0 Å². The molecule has 0 fully saturated rings. The summed E-state index contributed by atoms with van der Waals surface area (Å²) in [6.45, 7) is 0. The molecule has 22 heavy (non-hydrogen) atoms. The monoisotopic (exact) mass is 432 g/mol. The van der Waals surface area contributed by atoms with Crippen LogP contribution in [-0.2, 0) is 14.6 Å². The Kier molecular flexibility index (Phi) is 4.26. The van der Waals surface area contributed by atoms with E-state index < -0.39 is 15.8 Å². The van der Waals surface area contributed by atoms with Gasteiger partial charge in [-0.2, -0.15) is 0 Å². The van der Waals surface area contributed by atoms with E-state index in [0.29, 0.717) is 5.52 Å². The molecule has 1 aliphatic rings. The van der Waals surface area contributed by atoms with E-state index >= 15 is 0 Å². The van der Waals surface area contributed by atoms with Crippen molar-refractivity contribution < 1.29 is 39.2 Å². The summed E-state index contributed by atoms with van der Waals surface area (Å²) in [5, 5.41) is 0.752. The van der Waals surface area contributed by atoms with E-state index in [0.717, 1.165) is 22.5 Å². The van der Waals surface area contributed by atoms with Crippen LogP contribution in [0.4, 0.5) is 0 Å². The molecule has 7 heteroatoms. The maximum absolute atomic E-state index is 12.4. The molecule has 0 spiro atoms. The van der Waals surface area contributed by atoms with Gasteiger partial charge in [-0.1, -0.05) is 0 Å². The van der Waals surface area contributed by atoms with Crippen molar-refractivity contribution in [2.75, 3.05) is 10.7 Å². The van der Waals surface area contributed by atoms with Crippen LogP contribution in [0, 0.1) is 0 Å². The Morgan fingerprint density at radius 3 is 2.86 bits per heavy atom. The van der Waals surface area contributed by atoms with Crippen LogP contribution in [0.25, 0.3) is 10.9 Å². The second-order valence-electron chi connectivity index (χ2n) is 4.97. The molecule has 0 saturated carbocycles. The number of hydrogen-bond acceptors (Lipinski definition) is 4. The van der Waals surface area contributed by atoms with Gasteiger partial charge in [-0.3, -0.25) is 0 Å². The topological polar surface area (TPSA) is 76.2 Å². The van der Waals surface area contributed by atoms with Crippen molar-refractivity contribution in [1.82, 2.24) is 4.98 Å². The van der Waals surface area contributed by atoms with Crippen LogP contribution < -0.4 is 21.2 Å². The summed E-state index contributed by atoms with van der Waals surface area (Å²) in [6, 6.07) is 5.02. The summed E-state index contributed by atoms with van der Waals surface area (Å²) in [5.41, 5.74) is 0.547. The molecule has 1 aromatic carbocycles. The number of sulfone groups is 1. The van der Waals surface area contributed by atoms with Crippen molar-refractivity contribution in [1.29, 1.82) is 0 Å². The second-order valence-corrected chi connectivity index (χ2v) is 10.1. The molecule has 1 N–H and O–H groups in total. The number of alkyl halides is 2. The average Bonchev–Trinajstić information content (AvgIpc) is 2.94. The molecule has 0 radical (unpaired) electrons. The molecule has 118 valence electrons. The van der Waals surface area contributed by atoms with Gasteiger partial charge in [0.1, 0.15) is 0 Å². The molecule has 2 aromatic rings. The van der Waals surface area contributed by atoms with Crippen LogP contribution in [0.5, 0.6) is 0 Å². The quantitative estimate of drug-likeness (QED) is 0.296. The Bertz CT molecular complexity index is 854. The van der Waals surface area contributed by atoms with Crippen LogP contribution in [0.15, 0.2) is 41.4 Å². The van der Waals surface area contributed by atoms with Gasteiger partial charge in [-0.15, -0.1) is 0 Å². The van der Waals surface area contributed by atoms with Crippen LogP contribution >= 0.6 is 0 Å². The number of rotatable bonds is 3. The Labute approximate surface area is 138 Å². The van der Waals surface area contributed by atoms with E-state index in [1.54, 1.807) is 18.3 Å². The first-order valence-electron chi connectivity index (χ1n) is 6.72. The molecule has 3 rings (SSSR count). The Morgan fingerprint density at radius 1 is 1.36 bits per heavy atom. The summed E-state index contributed by atoms with van der Waals surface area (Å²) in [6.07, 6.45) is 7.70. The zero-order chi connectivity index (χ0) is 15.7.